The SMILES string of the molecule is O=[N+]([O-])c1ccc(NCc2ccncc2)c2ccncc12. The lowest BCUT2D eigenvalue weighted by molar-refractivity contribution is -0.383. The van der Waals surface area contributed by atoms with E-state index in [9.17, 15) is 10.1 Å². The van der Waals surface area contributed by atoms with Gasteiger partial charge in [0.15, 0.2) is 0 Å². The number of fused-ring (bicyclic) bond motifs is 1. The van der Waals surface area contributed by atoms with Gasteiger partial charge in [-0.3, -0.25) is 20.1 Å². The Labute approximate surface area is 120 Å². The lowest BCUT2D eigenvalue weighted by Gasteiger charge is -2.10. The minimum absolute atomic E-state index is 0.0626. The van der Waals surface area contributed by atoms with Gasteiger partial charge in [0.1, 0.15) is 0 Å². The Morgan fingerprint density at radius 3 is 2.52 bits per heavy atom. The second-order valence-electron chi connectivity index (χ2n) is 4.52. The molecule has 1 aromatic carbocycles. The van der Waals surface area contributed by atoms with E-state index in [1.165, 1.54) is 12.3 Å². The molecular weight excluding hydrogens is 268 g/mol. The van der Waals surface area contributed by atoms with E-state index in [2.05, 4.69) is 15.3 Å². The van der Waals surface area contributed by atoms with E-state index in [4.69, 9.17) is 0 Å². The summed E-state index contributed by atoms with van der Waals surface area (Å²) < 4.78 is 0. The number of hydrogen-bond acceptors (Lipinski definition) is 5. The minimum Gasteiger partial charge on any atom is -0.380 e. The molecule has 3 rings (SSSR count). The van der Waals surface area contributed by atoms with Gasteiger partial charge in [-0.2, -0.15) is 0 Å². The number of nitro benzene ring substituents is 1. The quantitative estimate of drug-likeness (QED) is 0.586. The lowest BCUT2D eigenvalue weighted by Crippen LogP contribution is -2.01. The van der Waals surface area contributed by atoms with Crippen molar-refractivity contribution in [3.05, 3.63) is 70.8 Å². The highest BCUT2D eigenvalue weighted by molar-refractivity contribution is 5.99. The molecule has 0 aliphatic rings. The molecule has 0 amide bonds. The van der Waals surface area contributed by atoms with Crippen LogP contribution in [0, 0.1) is 10.1 Å². The largest absolute Gasteiger partial charge is 0.380 e. The fraction of sp³-hybridized carbons (Fsp3) is 0.0667. The van der Waals surface area contributed by atoms with E-state index in [0.29, 0.717) is 11.9 Å². The van der Waals surface area contributed by atoms with Gasteiger partial charge < -0.3 is 5.32 Å². The highest BCUT2D eigenvalue weighted by Crippen LogP contribution is 2.30. The summed E-state index contributed by atoms with van der Waals surface area (Å²) in [5, 5.41) is 15.7. The van der Waals surface area contributed by atoms with Crippen molar-refractivity contribution in [1.29, 1.82) is 0 Å². The molecular formula is C15H12N4O2. The molecule has 0 unspecified atom stereocenters. The molecule has 104 valence electrons. The first kappa shape index (κ1) is 13.0. The molecule has 2 aromatic heterocycles. The predicted octanol–water partition coefficient (Wildman–Crippen LogP) is 3.15. The monoisotopic (exact) mass is 280 g/mol. The second kappa shape index (κ2) is 5.54. The Hall–Kier alpha value is -3.02. The summed E-state index contributed by atoms with van der Waals surface area (Å²) in [5.74, 6) is 0. The summed E-state index contributed by atoms with van der Waals surface area (Å²) in [6.45, 7) is 0.623. The van der Waals surface area contributed by atoms with Crippen LogP contribution in [0.15, 0.2) is 55.1 Å². The van der Waals surface area contributed by atoms with Crippen LogP contribution in [-0.2, 0) is 6.54 Å². The molecule has 0 spiro atoms. The number of pyridine rings is 2. The number of nitrogens with zero attached hydrogens (tertiary/aromatic N) is 3. The third-order valence-electron chi connectivity index (χ3n) is 3.22. The minimum atomic E-state index is -0.392. The Morgan fingerprint density at radius 2 is 1.76 bits per heavy atom. The summed E-state index contributed by atoms with van der Waals surface area (Å²) in [6.07, 6.45) is 6.61. The van der Waals surface area contributed by atoms with Crippen molar-refractivity contribution in [2.24, 2.45) is 0 Å². The maximum absolute atomic E-state index is 11.1. The van der Waals surface area contributed by atoms with Crippen LogP contribution in [0.3, 0.4) is 0 Å². The van der Waals surface area contributed by atoms with Gasteiger partial charge in [0, 0.05) is 48.5 Å². The Bertz CT molecular complexity index is 790. The summed E-state index contributed by atoms with van der Waals surface area (Å²) in [5.41, 5.74) is 1.99. The third kappa shape index (κ3) is 2.64. The number of rotatable bonds is 4. The van der Waals surface area contributed by atoms with Gasteiger partial charge in [-0.15, -0.1) is 0 Å². The number of benzene rings is 1. The van der Waals surface area contributed by atoms with Crippen LogP contribution in [0.5, 0.6) is 0 Å². The molecule has 0 atom stereocenters. The lowest BCUT2D eigenvalue weighted by atomic mass is 10.1. The molecule has 0 aliphatic heterocycles. The topological polar surface area (TPSA) is 81.0 Å². The summed E-state index contributed by atoms with van der Waals surface area (Å²) in [4.78, 5) is 18.6. The van der Waals surface area contributed by atoms with Crippen LogP contribution in [-0.4, -0.2) is 14.9 Å². The number of nitro groups is 1. The molecule has 6 heteroatoms. The van der Waals surface area contributed by atoms with E-state index >= 15 is 0 Å². The summed E-state index contributed by atoms with van der Waals surface area (Å²) >= 11 is 0. The van der Waals surface area contributed by atoms with Crippen molar-refractivity contribution < 1.29 is 4.92 Å². The third-order valence-corrected chi connectivity index (χ3v) is 3.22. The number of aromatic nitrogens is 2. The smallest absolute Gasteiger partial charge is 0.278 e. The Morgan fingerprint density at radius 1 is 1.00 bits per heavy atom. The van der Waals surface area contributed by atoms with Crippen LogP contribution in [0.25, 0.3) is 10.8 Å². The fourth-order valence-electron chi connectivity index (χ4n) is 2.19. The average Bonchev–Trinajstić information content (AvgIpc) is 2.53. The molecule has 0 bridgehead atoms. The van der Waals surface area contributed by atoms with Gasteiger partial charge >= 0.3 is 0 Å². The van der Waals surface area contributed by atoms with Crippen LogP contribution < -0.4 is 5.32 Å². The van der Waals surface area contributed by atoms with Gasteiger partial charge in [-0.1, -0.05) is 0 Å². The molecule has 3 aromatic rings. The number of nitrogens with one attached hydrogen (secondary N) is 1. The highest BCUT2D eigenvalue weighted by atomic mass is 16.6. The molecule has 21 heavy (non-hydrogen) atoms. The zero-order valence-electron chi connectivity index (χ0n) is 11.1. The first-order chi connectivity index (χ1) is 10.3. The van der Waals surface area contributed by atoms with Crippen molar-refractivity contribution in [1.82, 2.24) is 9.97 Å². The van der Waals surface area contributed by atoms with Crippen LogP contribution >= 0.6 is 0 Å². The molecule has 0 radical (unpaired) electrons. The fourth-order valence-corrected chi connectivity index (χ4v) is 2.19. The molecule has 0 fully saturated rings. The standard InChI is InChI=1S/C15H12N4O2/c20-19(21)15-2-1-14(12-5-8-17-10-13(12)15)18-9-11-3-6-16-7-4-11/h1-8,10,18H,9H2. The number of non-ortho nitro benzene ring substituents is 1. The van der Waals surface area contributed by atoms with Gasteiger partial charge in [0.2, 0.25) is 0 Å². The van der Waals surface area contributed by atoms with E-state index in [0.717, 1.165) is 16.6 Å². The van der Waals surface area contributed by atoms with Crippen LogP contribution in [0.4, 0.5) is 11.4 Å². The Balaban J connectivity index is 1.96. The van der Waals surface area contributed by atoms with Gasteiger partial charge in [0.25, 0.3) is 5.69 Å². The molecule has 0 saturated carbocycles. The number of anilines is 1. The van der Waals surface area contributed by atoms with E-state index in [1.807, 2.05) is 12.1 Å². The molecule has 2 heterocycles. The summed E-state index contributed by atoms with van der Waals surface area (Å²) in [6, 6.07) is 8.84. The number of hydrogen-bond donors (Lipinski definition) is 1. The summed E-state index contributed by atoms with van der Waals surface area (Å²) in [7, 11) is 0. The van der Waals surface area contributed by atoms with Gasteiger partial charge in [-0.25, -0.2) is 0 Å². The van der Waals surface area contributed by atoms with Crippen molar-refractivity contribution in [2.45, 2.75) is 6.54 Å². The predicted molar refractivity (Wildman–Crippen MR) is 80.0 cm³/mol. The zero-order chi connectivity index (χ0) is 14.7. The van der Waals surface area contributed by atoms with Crippen LogP contribution in [0.1, 0.15) is 5.56 Å². The molecule has 6 nitrogen and oxygen atoms in total. The Kier molecular flexibility index (Phi) is 3.42. The van der Waals surface area contributed by atoms with Gasteiger partial charge in [-0.05, 0) is 29.8 Å². The van der Waals surface area contributed by atoms with Gasteiger partial charge in [0.05, 0.1) is 10.3 Å². The normalized spacial score (nSPS) is 10.5. The second-order valence-corrected chi connectivity index (χ2v) is 4.52. The van der Waals surface area contributed by atoms with E-state index in [-0.39, 0.29) is 5.69 Å². The van der Waals surface area contributed by atoms with Crippen molar-refractivity contribution in [2.75, 3.05) is 5.32 Å². The van der Waals surface area contributed by atoms with E-state index in [1.54, 1.807) is 30.7 Å². The zero-order valence-corrected chi connectivity index (χ0v) is 11.1. The first-order valence-electron chi connectivity index (χ1n) is 6.39. The van der Waals surface area contributed by atoms with Crippen molar-refractivity contribution >= 4 is 22.1 Å². The molecule has 0 saturated heterocycles. The maximum atomic E-state index is 11.1. The van der Waals surface area contributed by atoms with E-state index < -0.39 is 4.92 Å². The maximum Gasteiger partial charge on any atom is 0.278 e. The van der Waals surface area contributed by atoms with Crippen molar-refractivity contribution in [3.8, 4) is 0 Å². The molecule has 0 aliphatic carbocycles. The highest BCUT2D eigenvalue weighted by Gasteiger charge is 2.14. The first-order valence-corrected chi connectivity index (χ1v) is 6.39. The average molecular weight is 280 g/mol. The molecule has 1 N–H and O–H groups in total. The van der Waals surface area contributed by atoms with Crippen LogP contribution in [0.2, 0.25) is 0 Å². The van der Waals surface area contributed by atoms with Crippen molar-refractivity contribution in [3.63, 3.8) is 0 Å².